The summed E-state index contributed by atoms with van der Waals surface area (Å²) in [7, 11) is 1.30. The summed E-state index contributed by atoms with van der Waals surface area (Å²) in [6.07, 6.45) is 0.223. The van der Waals surface area contributed by atoms with Gasteiger partial charge < -0.3 is 25.2 Å². The van der Waals surface area contributed by atoms with Crippen LogP contribution in [0.1, 0.15) is 62.0 Å². The number of hydrogen-bond donors (Lipinski definition) is 4. The van der Waals surface area contributed by atoms with Crippen LogP contribution in [0.4, 0.5) is 0 Å². The number of rotatable bonds is 7. The highest BCUT2D eigenvalue weighted by molar-refractivity contribution is 6.23. The normalized spacial score (nSPS) is 16.0. The number of methoxy groups -OCH3 is 1. The van der Waals surface area contributed by atoms with Crippen LogP contribution in [0.3, 0.4) is 0 Å². The fourth-order valence-electron chi connectivity index (χ4n) is 3.79. The molecule has 1 aliphatic carbocycles. The number of aromatic hydroxyl groups is 2. The quantitative estimate of drug-likeness (QED) is 0.377. The van der Waals surface area contributed by atoms with Gasteiger partial charge in [-0.25, -0.2) is 0 Å². The first-order valence-electron chi connectivity index (χ1n) is 9.89. The number of hydrogen-bond acceptors (Lipinski definition) is 8. The fraction of sp³-hybridized carbons (Fsp3) is 0.435. The molecule has 0 aliphatic heterocycles. The zero-order valence-corrected chi connectivity index (χ0v) is 18.5. The molecule has 31 heavy (non-hydrogen) atoms. The Kier molecular flexibility index (Phi) is 6.54. The monoisotopic (exact) mass is 432 g/mol. The molecule has 2 rings (SSSR count). The minimum Gasteiger partial charge on any atom is -0.511 e. The molecule has 8 nitrogen and oxygen atoms in total. The van der Waals surface area contributed by atoms with Crippen molar-refractivity contribution in [2.24, 2.45) is 5.41 Å². The van der Waals surface area contributed by atoms with Crippen molar-refractivity contribution in [2.45, 2.75) is 53.9 Å². The minimum absolute atomic E-state index is 0.0263. The van der Waals surface area contributed by atoms with Gasteiger partial charge in [0.2, 0.25) is 0 Å². The Hall–Kier alpha value is -3.29. The van der Waals surface area contributed by atoms with E-state index in [1.807, 2.05) is 0 Å². The molecule has 0 heterocycles. The second-order valence-electron chi connectivity index (χ2n) is 8.12. The first-order valence-corrected chi connectivity index (χ1v) is 9.89. The highest BCUT2D eigenvalue weighted by atomic mass is 16.5. The summed E-state index contributed by atoms with van der Waals surface area (Å²) < 4.78 is 5.32. The molecule has 0 amide bonds. The Labute approximate surface area is 180 Å². The molecular weight excluding hydrogens is 404 g/mol. The Morgan fingerprint density at radius 3 is 2.13 bits per heavy atom. The maximum Gasteiger partial charge on any atom is 0.183 e. The number of carbonyl (C=O) groups is 3. The number of carbonyl (C=O) groups excluding carboxylic acids is 3. The van der Waals surface area contributed by atoms with Gasteiger partial charge in [0.15, 0.2) is 17.3 Å². The van der Waals surface area contributed by atoms with Crippen molar-refractivity contribution in [1.82, 2.24) is 0 Å². The zero-order chi connectivity index (χ0) is 23.8. The Morgan fingerprint density at radius 1 is 1.06 bits per heavy atom. The number of aliphatic hydroxyl groups excluding tert-OH is 2. The number of ether oxygens (including phenoxy) is 1. The molecule has 0 unspecified atom stereocenters. The summed E-state index contributed by atoms with van der Waals surface area (Å²) in [5.41, 5.74) is -2.15. The largest absolute Gasteiger partial charge is 0.511 e. The van der Waals surface area contributed by atoms with Crippen molar-refractivity contribution in [2.75, 3.05) is 7.11 Å². The SMILES string of the molecule is CCCC(=O)c1c(O)c(C)c(OC)c(CC2=C(O)C(C)(C)C(=O)C(C(C)=O)=C2O)c1O. The Bertz CT molecular complexity index is 1040. The molecule has 4 N–H and O–H groups in total. The standard InChI is InChI=1S/C23H28O8/c1-7-8-14(25)16-17(26)10(2)20(31-6)12(18(16)27)9-13-19(28)15(11(3)24)22(30)23(4,5)21(13)29/h26-29H,7-9H2,1-6H3. The number of phenols is 2. The zero-order valence-electron chi connectivity index (χ0n) is 18.5. The van der Waals surface area contributed by atoms with Crippen molar-refractivity contribution < 1.29 is 39.5 Å². The van der Waals surface area contributed by atoms with E-state index in [9.17, 15) is 34.8 Å². The maximum atomic E-state index is 12.6. The van der Waals surface area contributed by atoms with Gasteiger partial charge >= 0.3 is 0 Å². The summed E-state index contributed by atoms with van der Waals surface area (Å²) in [5, 5.41) is 42.8. The van der Waals surface area contributed by atoms with Gasteiger partial charge in [0.25, 0.3) is 0 Å². The lowest BCUT2D eigenvalue weighted by Gasteiger charge is -2.31. The molecular formula is C23H28O8. The van der Waals surface area contributed by atoms with Crippen LogP contribution in [-0.2, 0) is 16.0 Å². The number of benzene rings is 1. The van der Waals surface area contributed by atoms with Gasteiger partial charge in [0, 0.05) is 29.5 Å². The van der Waals surface area contributed by atoms with Crippen LogP contribution in [0.15, 0.2) is 22.7 Å². The number of Topliss-reactive ketones (excluding diaryl/α,β-unsaturated/α-hetero) is 3. The van der Waals surface area contributed by atoms with Gasteiger partial charge in [-0.2, -0.15) is 0 Å². The lowest BCUT2D eigenvalue weighted by molar-refractivity contribution is -0.126. The second-order valence-corrected chi connectivity index (χ2v) is 8.12. The second kappa shape index (κ2) is 8.45. The van der Waals surface area contributed by atoms with Gasteiger partial charge in [0.1, 0.15) is 39.9 Å². The number of aliphatic hydroxyl groups is 2. The third kappa shape index (κ3) is 3.78. The van der Waals surface area contributed by atoms with E-state index in [-0.39, 0.29) is 40.9 Å². The van der Waals surface area contributed by atoms with Crippen molar-refractivity contribution in [3.8, 4) is 17.2 Å². The summed E-state index contributed by atoms with van der Waals surface area (Å²) in [4.78, 5) is 37.2. The van der Waals surface area contributed by atoms with Crippen LogP contribution in [0.25, 0.3) is 0 Å². The molecule has 8 heteroatoms. The fourth-order valence-corrected chi connectivity index (χ4v) is 3.79. The van der Waals surface area contributed by atoms with Crippen molar-refractivity contribution in [3.63, 3.8) is 0 Å². The molecule has 0 aromatic heterocycles. The van der Waals surface area contributed by atoms with Gasteiger partial charge in [-0.3, -0.25) is 14.4 Å². The van der Waals surface area contributed by atoms with E-state index >= 15 is 0 Å². The lowest BCUT2D eigenvalue weighted by Crippen LogP contribution is -2.36. The van der Waals surface area contributed by atoms with Crippen LogP contribution in [-0.4, -0.2) is 44.9 Å². The molecule has 168 valence electrons. The Balaban J connectivity index is 2.83. The topological polar surface area (TPSA) is 141 Å². The van der Waals surface area contributed by atoms with E-state index in [0.29, 0.717) is 6.42 Å². The molecule has 0 atom stereocenters. The Morgan fingerprint density at radius 2 is 1.65 bits per heavy atom. The summed E-state index contributed by atoms with van der Waals surface area (Å²) >= 11 is 0. The predicted octanol–water partition coefficient (Wildman–Crippen LogP) is 3.76. The number of ketones is 3. The number of allylic oxidation sites excluding steroid dienone is 3. The van der Waals surface area contributed by atoms with Crippen molar-refractivity contribution >= 4 is 17.3 Å². The molecule has 1 aliphatic rings. The minimum atomic E-state index is -1.49. The maximum absolute atomic E-state index is 12.6. The van der Waals surface area contributed by atoms with E-state index in [1.165, 1.54) is 27.9 Å². The van der Waals surface area contributed by atoms with E-state index < -0.39 is 51.4 Å². The average Bonchev–Trinajstić information content (AvgIpc) is 2.68. The third-order valence-electron chi connectivity index (χ3n) is 5.59. The van der Waals surface area contributed by atoms with E-state index in [0.717, 1.165) is 6.92 Å². The third-order valence-corrected chi connectivity index (χ3v) is 5.59. The van der Waals surface area contributed by atoms with Crippen LogP contribution in [0, 0.1) is 12.3 Å². The smallest absolute Gasteiger partial charge is 0.183 e. The molecule has 0 bridgehead atoms. The molecule has 0 saturated carbocycles. The molecule has 1 aromatic carbocycles. The highest BCUT2D eigenvalue weighted by Gasteiger charge is 2.44. The molecule has 0 spiro atoms. The molecule has 0 saturated heterocycles. The predicted molar refractivity (Wildman–Crippen MR) is 113 cm³/mol. The summed E-state index contributed by atoms with van der Waals surface area (Å²) in [6.45, 7) is 7.23. The van der Waals surface area contributed by atoms with E-state index in [1.54, 1.807) is 6.92 Å². The average molecular weight is 432 g/mol. The summed E-state index contributed by atoms with van der Waals surface area (Å²) in [5.74, 6) is -3.95. The van der Waals surface area contributed by atoms with Crippen molar-refractivity contribution in [1.29, 1.82) is 0 Å². The highest BCUT2D eigenvalue weighted by Crippen LogP contribution is 2.46. The van der Waals surface area contributed by atoms with Gasteiger partial charge in [-0.05, 0) is 34.1 Å². The van der Waals surface area contributed by atoms with Crippen molar-refractivity contribution in [3.05, 3.63) is 39.4 Å². The lowest BCUT2D eigenvalue weighted by atomic mass is 9.73. The first-order chi connectivity index (χ1) is 14.3. The van der Waals surface area contributed by atoms with E-state index in [4.69, 9.17) is 4.74 Å². The molecule has 1 aromatic rings. The molecule has 0 radical (unpaired) electrons. The van der Waals surface area contributed by atoms with Crippen LogP contribution in [0.2, 0.25) is 0 Å². The van der Waals surface area contributed by atoms with Crippen LogP contribution < -0.4 is 4.74 Å². The van der Waals surface area contributed by atoms with Gasteiger partial charge in [-0.15, -0.1) is 0 Å². The number of phenolic OH excluding ortho intramolecular Hbond substituents is 2. The van der Waals surface area contributed by atoms with Gasteiger partial charge in [0.05, 0.1) is 12.5 Å². The van der Waals surface area contributed by atoms with Crippen LogP contribution in [0.5, 0.6) is 17.2 Å². The molecule has 0 fully saturated rings. The van der Waals surface area contributed by atoms with E-state index in [2.05, 4.69) is 0 Å². The van der Waals surface area contributed by atoms with Crippen LogP contribution >= 0.6 is 0 Å². The van der Waals surface area contributed by atoms with Gasteiger partial charge in [-0.1, -0.05) is 6.92 Å². The first kappa shape index (κ1) is 24.0. The summed E-state index contributed by atoms with van der Waals surface area (Å²) in [6, 6.07) is 0.